The van der Waals surface area contributed by atoms with E-state index in [1.54, 1.807) is 4.90 Å². The molecule has 2 heterocycles. The molecule has 1 aliphatic rings. The number of hydrogen-bond donors (Lipinski definition) is 0. The fourth-order valence-corrected chi connectivity index (χ4v) is 2.24. The summed E-state index contributed by atoms with van der Waals surface area (Å²) >= 11 is 0. The van der Waals surface area contributed by atoms with Gasteiger partial charge in [0.15, 0.2) is 0 Å². The monoisotopic (exact) mass is 245 g/mol. The number of pyridine rings is 1. The van der Waals surface area contributed by atoms with E-state index in [4.69, 9.17) is 5.53 Å². The molecular weight excluding hydrogens is 230 g/mol. The van der Waals surface area contributed by atoms with Crippen LogP contribution >= 0.6 is 0 Å². The maximum atomic E-state index is 11.9. The van der Waals surface area contributed by atoms with Crippen LogP contribution in [-0.2, 0) is 4.79 Å². The van der Waals surface area contributed by atoms with Gasteiger partial charge in [0.1, 0.15) is 5.82 Å². The van der Waals surface area contributed by atoms with Gasteiger partial charge in [-0.15, -0.1) is 0 Å². The first kappa shape index (κ1) is 12.4. The fourth-order valence-electron chi connectivity index (χ4n) is 2.24. The summed E-state index contributed by atoms with van der Waals surface area (Å²) in [6.45, 7) is 4.84. The smallest absolute Gasteiger partial charge is 0.228 e. The summed E-state index contributed by atoms with van der Waals surface area (Å²) < 4.78 is 0. The molecule has 6 nitrogen and oxygen atoms in total. The minimum atomic E-state index is 0.0469. The zero-order valence-corrected chi connectivity index (χ0v) is 10.5. The number of anilines is 1. The van der Waals surface area contributed by atoms with Gasteiger partial charge in [0.25, 0.3) is 0 Å². The normalized spacial score (nSPS) is 18.9. The maximum absolute atomic E-state index is 11.9. The van der Waals surface area contributed by atoms with Gasteiger partial charge in [-0.25, -0.2) is 4.98 Å². The highest BCUT2D eigenvalue weighted by Gasteiger charge is 2.30. The largest absolute Gasteiger partial charge is 0.297 e. The molecule has 0 spiro atoms. The molecule has 0 radical (unpaired) electrons. The molecule has 18 heavy (non-hydrogen) atoms. The standard InChI is InChI=1S/C12H15N5O/c1-8-3-9(2)15-11(4-8)17-7-10(5-12(17)18)6-14-16-13/h3-4,10H,5-7H2,1-2H3. The molecule has 6 heteroatoms. The van der Waals surface area contributed by atoms with E-state index in [2.05, 4.69) is 15.0 Å². The Bertz CT molecular complexity index is 501. The quantitative estimate of drug-likeness (QED) is 0.465. The zero-order chi connectivity index (χ0) is 13.1. The molecule has 94 valence electrons. The average molecular weight is 245 g/mol. The lowest BCUT2D eigenvalue weighted by Gasteiger charge is -2.16. The zero-order valence-electron chi connectivity index (χ0n) is 10.5. The molecule has 0 saturated carbocycles. The summed E-state index contributed by atoms with van der Waals surface area (Å²) in [5, 5.41) is 3.53. The Morgan fingerprint density at radius 3 is 3.00 bits per heavy atom. The molecular formula is C12H15N5O. The van der Waals surface area contributed by atoms with E-state index in [9.17, 15) is 4.79 Å². The topological polar surface area (TPSA) is 82.0 Å². The lowest BCUT2D eigenvalue weighted by molar-refractivity contribution is -0.117. The molecule has 1 aliphatic heterocycles. The average Bonchev–Trinajstić information content (AvgIpc) is 2.66. The molecule has 2 rings (SSSR count). The SMILES string of the molecule is Cc1cc(C)nc(N2CC(CN=[N+]=[N-])CC2=O)c1. The Kier molecular flexibility index (Phi) is 3.48. The number of carbonyl (C=O) groups is 1. The van der Waals surface area contributed by atoms with Gasteiger partial charge in [0.2, 0.25) is 5.91 Å². The Morgan fingerprint density at radius 1 is 1.56 bits per heavy atom. The van der Waals surface area contributed by atoms with Crippen molar-refractivity contribution in [2.75, 3.05) is 18.0 Å². The van der Waals surface area contributed by atoms with Crippen molar-refractivity contribution in [3.63, 3.8) is 0 Å². The molecule has 1 amide bonds. The summed E-state index contributed by atoms with van der Waals surface area (Å²) in [5.74, 6) is 0.836. The van der Waals surface area contributed by atoms with Crippen LogP contribution in [0, 0.1) is 19.8 Å². The van der Waals surface area contributed by atoms with Gasteiger partial charge in [-0.1, -0.05) is 5.11 Å². The van der Waals surface area contributed by atoms with Crippen molar-refractivity contribution < 1.29 is 4.79 Å². The van der Waals surface area contributed by atoms with Gasteiger partial charge >= 0.3 is 0 Å². The predicted molar refractivity (Wildman–Crippen MR) is 68.2 cm³/mol. The van der Waals surface area contributed by atoms with E-state index in [1.807, 2.05) is 26.0 Å². The summed E-state index contributed by atoms with van der Waals surface area (Å²) in [7, 11) is 0. The van der Waals surface area contributed by atoms with Crippen LogP contribution < -0.4 is 4.90 Å². The van der Waals surface area contributed by atoms with Gasteiger partial charge in [0.05, 0.1) is 0 Å². The molecule has 0 N–H and O–H groups in total. The minimum absolute atomic E-state index is 0.0469. The Labute approximate surface area is 105 Å². The van der Waals surface area contributed by atoms with Crippen molar-refractivity contribution in [3.05, 3.63) is 33.8 Å². The molecule has 1 atom stereocenters. The molecule has 1 aromatic rings. The van der Waals surface area contributed by atoms with Crippen LogP contribution in [0.2, 0.25) is 0 Å². The van der Waals surface area contributed by atoms with Crippen molar-refractivity contribution >= 4 is 11.7 Å². The van der Waals surface area contributed by atoms with Crippen LogP contribution in [0.3, 0.4) is 0 Å². The van der Waals surface area contributed by atoms with E-state index >= 15 is 0 Å². The Morgan fingerprint density at radius 2 is 2.33 bits per heavy atom. The van der Waals surface area contributed by atoms with E-state index in [0.717, 1.165) is 11.3 Å². The second-order valence-electron chi connectivity index (χ2n) is 4.63. The number of aromatic nitrogens is 1. The lowest BCUT2D eigenvalue weighted by atomic mass is 10.1. The lowest BCUT2D eigenvalue weighted by Crippen LogP contribution is -2.26. The number of azide groups is 1. The fraction of sp³-hybridized carbons (Fsp3) is 0.500. The molecule has 1 aromatic heterocycles. The third-order valence-electron chi connectivity index (χ3n) is 2.97. The van der Waals surface area contributed by atoms with Gasteiger partial charge in [-0.05, 0) is 43.0 Å². The molecule has 0 aliphatic carbocycles. The van der Waals surface area contributed by atoms with Crippen molar-refractivity contribution in [2.24, 2.45) is 11.0 Å². The molecule has 1 unspecified atom stereocenters. The highest BCUT2D eigenvalue weighted by Crippen LogP contribution is 2.24. The van der Waals surface area contributed by atoms with E-state index < -0.39 is 0 Å². The number of aryl methyl sites for hydroxylation is 2. The first-order valence-corrected chi connectivity index (χ1v) is 5.86. The predicted octanol–water partition coefficient (Wildman–Crippen LogP) is 2.36. The molecule has 1 saturated heterocycles. The van der Waals surface area contributed by atoms with Gasteiger partial charge in [-0.3, -0.25) is 9.69 Å². The Balaban J connectivity index is 2.18. The first-order valence-electron chi connectivity index (χ1n) is 5.86. The van der Waals surface area contributed by atoms with Crippen LogP contribution in [0.15, 0.2) is 17.2 Å². The van der Waals surface area contributed by atoms with Crippen molar-refractivity contribution in [2.45, 2.75) is 20.3 Å². The number of amides is 1. The number of hydrogen-bond acceptors (Lipinski definition) is 3. The van der Waals surface area contributed by atoms with E-state index in [0.29, 0.717) is 25.3 Å². The van der Waals surface area contributed by atoms with Crippen LogP contribution in [0.25, 0.3) is 10.4 Å². The second kappa shape index (κ2) is 5.06. The molecule has 0 aromatic carbocycles. The third kappa shape index (κ3) is 2.60. The van der Waals surface area contributed by atoms with Crippen molar-refractivity contribution in [3.8, 4) is 0 Å². The van der Waals surface area contributed by atoms with Gasteiger partial charge in [-0.2, -0.15) is 0 Å². The van der Waals surface area contributed by atoms with Crippen LogP contribution in [0.1, 0.15) is 17.7 Å². The summed E-state index contributed by atoms with van der Waals surface area (Å²) in [4.78, 5) is 20.7. The summed E-state index contributed by atoms with van der Waals surface area (Å²) in [6.07, 6.45) is 0.424. The molecule has 1 fully saturated rings. The van der Waals surface area contributed by atoms with Crippen LogP contribution in [0.4, 0.5) is 5.82 Å². The highest BCUT2D eigenvalue weighted by atomic mass is 16.2. The van der Waals surface area contributed by atoms with Crippen molar-refractivity contribution in [1.82, 2.24) is 4.98 Å². The van der Waals surface area contributed by atoms with Gasteiger partial charge < -0.3 is 0 Å². The third-order valence-corrected chi connectivity index (χ3v) is 2.97. The number of carbonyl (C=O) groups excluding carboxylic acids is 1. The highest BCUT2D eigenvalue weighted by molar-refractivity contribution is 5.94. The number of rotatable bonds is 3. The van der Waals surface area contributed by atoms with Crippen LogP contribution in [-0.4, -0.2) is 24.0 Å². The van der Waals surface area contributed by atoms with Crippen molar-refractivity contribution in [1.29, 1.82) is 0 Å². The second-order valence-corrected chi connectivity index (χ2v) is 4.63. The van der Waals surface area contributed by atoms with E-state index in [-0.39, 0.29) is 11.8 Å². The summed E-state index contributed by atoms with van der Waals surface area (Å²) in [5.41, 5.74) is 10.3. The first-order chi connectivity index (χ1) is 8.60. The van der Waals surface area contributed by atoms with Crippen LogP contribution in [0.5, 0.6) is 0 Å². The van der Waals surface area contributed by atoms with Gasteiger partial charge in [0, 0.05) is 30.1 Å². The maximum Gasteiger partial charge on any atom is 0.228 e. The van der Waals surface area contributed by atoms with E-state index in [1.165, 1.54) is 0 Å². The minimum Gasteiger partial charge on any atom is -0.297 e. The number of nitrogens with zero attached hydrogens (tertiary/aromatic N) is 5. The molecule has 0 bridgehead atoms. The Hall–Kier alpha value is -2.07. The summed E-state index contributed by atoms with van der Waals surface area (Å²) in [6, 6.07) is 3.88.